The highest BCUT2D eigenvalue weighted by Crippen LogP contribution is 2.21. The SMILES string of the molecule is CC(=O)NC(CC(=O)N1CC[C@@H](N)C1)c1ccc(Cl)cc1. The first-order chi connectivity index (χ1) is 9.95. The van der Waals surface area contributed by atoms with Crippen molar-refractivity contribution in [3.8, 4) is 0 Å². The lowest BCUT2D eigenvalue weighted by molar-refractivity contribution is -0.131. The number of amides is 2. The zero-order valence-corrected chi connectivity index (χ0v) is 12.8. The molecule has 0 saturated carbocycles. The molecule has 1 aliphatic heterocycles. The van der Waals surface area contributed by atoms with Gasteiger partial charge < -0.3 is 16.0 Å². The maximum atomic E-state index is 12.3. The fourth-order valence-electron chi connectivity index (χ4n) is 2.51. The average Bonchev–Trinajstić information content (AvgIpc) is 2.85. The van der Waals surface area contributed by atoms with E-state index in [1.54, 1.807) is 17.0 Å². The zero-order valence-electron chi connectivity index (χ0n) is 12.0. The van der Waals surface area contributed by atoms with Crippen LogP contribution in [-0.4, -0.2) is 35.8 Å². The van der Waals surface area contributed by atoms with Crippen LogP contribution in [0.25, 0.3) is 0 Å². The topological polar surface area (TPSA) is 75.4 Å². The number of nitrogens with one attached hydrogen (secondary N) is 1. The molecule has 0 radical (unpaired) electrons. The average molecular weight is 310 g/mol. The molecule has 1 aromatic rings. The van der Waals surface area contributed by atoms with Crippen molar-refractivity contribution in [1.29, 1.82) is 0 Å². The molecule has 21 heavy (non-hydrogen) atoms. The summed E-state index contributed by atoms with van der Waals surface area (Å²) in [6.45, 7) is 2.72. The van der Waals surface area contributed by atoms with E-state index in [1.807, 2.05) is 12.1 Å². The van der Waals surface area contributed by atoms with Crippen LogP contribution in [0.5, 0.6) is 0 Å². The predicted molar refractivity (Wildman–Crippen MR) is 81.8 cm³/mol. The molecule has 0 aliphatic carbocycles. The van der Waals surface area contributed by atoms with Gasteiger partial charge in [0.15, 0.2) is 0 Å². The van der Waals surface area contributed by atoms with Crippen LogP contribution in [0, 0.1) is 0 Å². The van der Waals surface area contributed by atoms with E-state index in [0.717, 1.165) is 12.0 Å². The van der Waals surface area contributed by atoms with Gasteiger partial charge in [0.05, 0.1) is 12.5 Å². The Morgan fingerprint density at radius 1 is 1.43 bits per heavy atom. The second-order valence-corrected chi connectivity index (χ2v) is 5.83. The van der Waals surface area contributed by atoms with Gasteiger partial charge in [0, 0.05) is 31.1 Å². The Morgan fingerprint density at radius 3 is 2.62 bits per heavy atom. The Labute approximate surface area is 129 Å². The smallest absolute Gasteiger partial charge is 0.225 e. The number of carbonyl (C=O) groups is 2. The third kappa shape index (κ3) is 4.44. The van der Waals surface area contributed by atoms with Crippen molar-refractivity contribution in [3.05, 3.63) is 34.9 Å². The molecule has 1 aromatic carbocycles. The van der Waals surface area contributed by atoms with E-state index in [0.29, 0.717) is 18.1 Å². The number of nitrogens with zero attached hydrogens (tertiary/aromatic N) is 1. The Kier molecular flexibility index (Phi) is 5.20. The maximum absolute atomic E-state index is 12.3. The van der Waals surface area contributed by atoms with Crippen LogP contribution in [-0.2, 0) is 9.59 Å². The molecular formula is C15H20ClN3O2. The van der Waals surface area contributed by atoms with Crippen molar-refractivity contribution in [3.63, 3.8) is 0 Å². The number of hydrogen-bond donors (Lipinski definition) is 2. The van der Waals surface area contributed by atoms with Gasteiger partial charge in [-0.25, -0.2) is 0 Å². The molecular weight excluding hydrogens is 290 g/mol. The van der Waals surface area contributed by atoms with Crippen molar-refractivity contribution in [2.45, 2.75) is 31.8 Å². The van der Waals surface area contributed by atoms with Crippen LogP contribution in [0.1, 0.15) is 31.4 Å². The van der Waals surface area contributed by atoms with E-state index < -0.39 is 0 Å². The molecule has 2 rings (SSSR count). The van der Waals surface area contributed by atoms with Crippen molar-refractivity contribution in [1.82, 2.24) is 10.2 Å². The Balaban J connectivity index is 2.07. The van der Waals surface area contributed by atoms with Crippen molar-refractivity contribution < 1.29 is 9.59 Å². The minimum Gasteiger partial charge on any atom is -0.349 e. The molecule has 6 heteroatoms. The van der Waals surface area contributed by atoms with E-state index in [2.05, 4.69) is 5.32 Å². The Hall–Kier alpha value is -1.59. The van der Waals surface area contributed by atoms with Gasteiger partial charge in [0.1, 0.15) is 0 Å². The van der Waals surface area contributed by atoms with Crippen LogP contribution in [0.15, 0.2) is 24.3 Å². The highest BCUT2D eigenvalue weighted by Gasteiger charge is 2.26. The fourth-order valence-corrected chi connectivity index (χ4v) is 2.64. The number of nitrogens with two attached hydrogens (primary N) is 1. The van der Waals surface area contributed by atoms with Gasteiger partial charge in [0.25, 0.3) is 0 Å². The summed E-state index contributed by atoms with van der Waals surface area (Å²) in [4.78, 5) is 25.4. The summed E-state index contributed by atoms with van der Waals surface area (Å²) in [5, 5.41) is 3.44. The first-order valence-corrected chi connectivity index (χ1v) is 7.39. The molecule has 0 aromatic heterocycles. The second-order valence-electron chi connectivity index (χ2n) is 5.40. The molecule has 0 bridgehead atoms. The molecule has 114 valence electrons. The van der Waals surface area contributed by atoms with E-state index in [4.69, 9.17) is 17.3 Å². The third-order valence-electron chi connectivity index (χ3n) is 3.61. The van der Waals surface area contributed by atoms with Crippen molar-refractivity contribution in [2.24, 2.45) is 5.73 Å². The molecule has 1 saturated heterocycles. The van der Waals surface area contributed by atoms with E-state index in [-0.39, 0.29) is 30.3 Å². The molecule has 2 atom stereocenters. The minimum absolute atomic E-state index is 0.0108. The largest absolute Gasteiger partial charge is 0.349 e. The standard InChI is InChI=1S/C15H20ClN3O2/c1-10(20)18-14(11-2-4-12(16)5-3-11)8-15(21)19-7-6-13(17)9-19/h2-5,13-14H,6-9,17H2,1H3,(H,18,20)/t13-,14?/m1/s1. The van der Waals surface area contributed by atoms with Crippen LogP contribution in [0.3, 0.4) is 0 Å². The Bertz CT molecular complexity index is 518. The number of carbonyl (C=O) groups excluding carboxylic acids is 2. The molecule has 5 nitrogen and oxygen atoms in total. The number of hydrogen-bond acceptors (Lipinski definition) is 3. The number of benzene rings is 1. The molecule has 1 fully saturated rings. The summed E-state index contributed by atoms with van der Waals surface area (Å²) in [6.07, 6.45) is 1.06. The summed E-state index contributed by atoms with van der Waals surface area (Å²) < 4.78 is 0. The number of likely N-dealkylation sites (tertiary alicyclic amines) is 1. The third-order valence-corrected chi connectivity index (χ3v) is 3.86. The quantitative estimate of drug-likeness (QED) is 0.884. The number of rotatable bonds is 4. The zero-order chi connectivity index (χ0) is 15.4. The van der Waals surface area contributed by atoms with Crippen molar-refractivity contribution >= 4 is 23.4 Å². The van der Waals surface area contributed by atoms with Gasteiger partial charge >= 0.3 is 0 Å². The highest BCUT2D eigenvalue weighted by atomic mass is 35.5. The number of halogens is 1. The van der Waals surface area contributed by atoms with Gasteiger partial charge in [0.2, 0.25) is 11.8 Å². The van der Waals surface area contributed by atoms with Crippen LogP contribution < -0.4 is 11.1 Å². The first kappa shape index (κ1) is 15.8. The lowest BCUT2D eigenvalue weighted by atomic mass is 10.0. The Morgan fingerprint density at radius 2 is 2.10 bits per heavy atom. The van der Waals surface area contributed by atoms with E-state index in [1.165, 1.54) is 6.92 Å². The van der Waals surface area contributed by atoms with Crippen LogP contribution in [0.4, 0.5) is 0 Å². The molecule has 2 amide bonds. The lowest BCUT2D eigenvalue weighted by Crippen LogP contribution is -2.36. The highest BCUT2D eigenvalue weighted by molar-refractivity contribution is 6.30. The van der Waals surface area contributed by atoms with Crippen LogP contribution in [0.2, 0.25) is 5.02 Å². The summed E-state index contributed by atoms with van der Waals surface area (Å²) in [5.41, 5.74) is 6.69. The monoisotopic (exact) mass is 309 g/mol. The van der Waals surface area contributed by atoms with Crippen LogP contribution >= 0.6 is 11.6 Å². The summed E-state index contributed by atoms with van der Waals surface area (Å²) in [5.74, 6) is -0.155. The first-order valence-electron chi connectivity index (χ1n) is 7.01. The molecule has 1 heterocycles. The molecule has 0 spiro atoms. The summed E-state index contributed by atoms with van der Waals surface area (Å²) in [7, 11) is 0. The maximum Gasteiger partial charge on any atom is 0.225 e. The normalized spacial score (nSPS) is 19.4. The minimum atomic E-state index is -0.343. The predicted octanol–water partition coefficient (Wildman–Crippen LogP) is 1.47. The second kappa shape index (κ2) is 6.91. The molecule has 1 aliphatic rings. The molecule has 1 unspecified atom stereocenters. The summed E-state index contributed by atoms with van der Waals surface area (Å²) >= 11 is 5.87. The molecule has 3 N–H and O–H groups in total. The van der Waals surface area contributed by atoms with Gasteiger partial charge in [-0.15, -0.1) is 0 Å². The summed E-state index contributed by atoms with van der Waals surface area (Å²) in [6, 6.07) is 6.87. The van der Waals surface area contributed by atoms with Gasteiger partial charge in [-0.2, -0.15) is 0 Å². The van der Waals surface area contributed by atoms with E-state index in [9.17, 15) is 9.59 Å². The van der Waals surface area contributed by atoms with E-state index >= 15 is 0 Å². The van der Waals surface area contributed by atoms with Crippen molar-refractivity contribution in [2.75, 3.05) is 13.1 Å². The lowest BCUT2D eigenvalue weighted by Gasteiger charge is -2.22. The fraction of sp³-hybridized carbons (Fsp3) is 0.467. The van der Waals surface area contributed by atoms with Gasteiger partial charge in [-0.3, -0.25) is 9.59 Å². The van der Waals surface area contributed by atoms with Gasteiger partial charge in [-0.1, -0.05) is 23.7 Å². The van der Waals surface area contributed by atoms with Gasteiger partial charge in [-0.05, 0) is 24.1 Å².